The second kappa shape index (κ2) is 23.9. The van der Waals surface area contributed by atoms with Gasteiger partial charge in [0.2, 0.25) is 0 Å². The number of benzene rings is 2. The van der Waals surface area contributed by atoms with E-state index in [1.165, 1.54) is 16.4 Å². The smallest absolute Gasteiger partial charge is 0.431 e. The van der Waals surface area contributed by atoms with Crippen molar-refractivity contribution in [2.45, 2.75) is 57.4 Å². The summed E-state index contributed by atoms with van der Waals surface area (Å²) in [5.74, 6) is 0. The van der Waals surface area contributed by atoms with Gasteiger partial charge in [0, 0.05) is 99.5 Å². The number of carbonyl (C=O) groups excluding carboxylic acids is 2. The second-order valence-corrected chi connectivity index (χ2v) is 15.8. The highest BCUT2D eigenvalue weighted by Crippen LogP contribution is 2.37. The Balaban J connectivity index is 0.000000290. The molecule has 0 unspecified atom stereocenters. The summed E-state index contributed by atoms with van der Waals surface area (Å²) < 4.78 is 155. The van der Waals surface area contributed by atoms with Crippen molar-refractivity contribution >= 4 is 69.5 Å². The number of aromatic nitrogens is 4. The van der Waals surface area contributed by atoms with Crippen LogP contribution in [0, 0.1) is 0 Å². The first-order valence-electron chi connectivity index (χ1n) is 18.3. The van der Waals surface area contributed by atoms with Gasteiger partial charge >= 0.3 is 36.2 Å². The van der Waals surface area contributed by atoms with Crippen molar-refractivity contribution in [3.8, 4) is 11.4 Å². The largest absolute Gasteiger partial charge is 0.434 e. The average Bonchev–Trinajstić information content (AvgIpc) is 3.84. The number of amides is 1. The Kier molecular flexibility index (Phi) is 20.4. The van der Waals surface area contributed by atoms with Gasteiger partial charge < -0.3 is 19.7 Å². The van der Waals surface area contributed by atoms with Gasteiger partial charge in [-0.15, -0.1) is 0 Å². The van der Waals surface area contributed by atoms with Crippen LogP contribution in [0.5, 0.6) is 0 Å². The molecule has 4 heterocycles. The minimum absolute atomic E-state index is 0. The van der Waals surface area contributed by atoms with E-state index in [9.17, 15) is 62.3 Å². The Morgan fingerprint density at radius 3 is 1.30 bits per heavy atom. The van der Waals surface area contributed by atoms with E-state index in [4.69, 9.17) is 46.4 Å². The van der Waals surface area contributed by atoms with Crippen LogP contribution in [0.25, 0.3) is 11.4 Å². The van der Waals surface area contributed by atoms with E-state index < -0.39 is 48.4 Å². The van der Waals surface area contributed by atoms with Crippen molar-refractivity contribution in [2.75, 3.05) is 52.4 Å². The van der Waals surface area contributed by atoms with E-state index >= 15 is 0 Å². The van der Waals surface area contributed by atoms with Gasteiger partial charge in [0.1, 0.15) is 0 Å². The van der Waals surface area contributed by atoms with Crippen LogP contribution in [0.4, 0.5) is 62.3 Å². The first kappa shape index (κ1) is 56.4. The van der Waals surface area contributed by atoms with Crippen LogP contribution in [-0.4, -0.2) is 135 Å². The van der Waals surface area contributed by atoms with Crippen molar-refractivity contribution in [3.63, 3.8) is 0 Å². The van der Waals surface area contributed by atoms with Crippen molar-refractivity contribution in [1.82, 2.24) is 39.6 Å². The summed E-state index contributed by atoms with van der Waals surface area (Å²) in [4.78, 5) is 26.7. The highest BCUT2D eigenvalue weighted by atomic mass is 35.5. The van der Waals surface area contributed by atoms with Gasteiger partial charge in [-0.2, -0.15) is 62.9 Å². The Morgan fingerprint density at radius 2 is 0.970 bits per heavy atom. The predicted molar refractivity (Wildman–Crippen MR) is 220 cm³/mol. The minimum Gasteiger partial charge on any atom is -0.431 e. The normalized spacial score (nSPS) is 15.3. The molecule has 0 radical (unpaired) electrons. The number of hydrogen-bond donors (Lipinski definition) is 1. The molecule has 6 rings (SSSR count). The third-order valence-corrected chi connectivity index (χ3v) is 9.89. The highest BCUT2D eigenvalue weighted by Gasteiger charge is 2.61. The van der Waals surface area contributed by atoms with Crippen LogP contribution in [0.3, 0.4) is 0 Å². The molecule has 2 fully saturated rings. The lowest BCUT2D eigenvalue weighted by Gasteiger charge is -2.35. The Bertz CT molecular complexity index is 2170. The summed E-state index contributed by atoms with van der Waals surface area (Å²) in [5, 5.41) is 14.0. The summed E-state index contributed by atoms with van der Waals surface area (Å²) in [7, 11) is 0. The molecule has 66 heavy (non-hydrogen) atoms. The number of hydrogen-bond acceptors (Lipinski definition) is 9. The lowest BCUT2D eigenvalue weighted by molar-refractivity contribution is -0.308. The summed E-state index contributed by atoms with van der Waals surface area (Å²) >= 11 is 28.3. The molecule has 0 aliphatic carbocycles. The molecule has 4 aromatic rings. The molecular weight excluding hydrogens is 1030 g/mol. The number of nitrogens with zero attached hydrogens (tertiary/aromatic N) is 7. The molecule has 2 aliphatic heterocycles. The average molecular weight is 1060 g/mol. The highest BCUT2D eigenvalue weighted by molar-refractivity contribution is 6.61. The molecule has 2 aliphatic rings. The lowest BCUT2D eigenvalue weighted by atomic mass is 10.1. The molecule has 29 heteroatoms. The number of carbonyl (C=O) groups is 2. The van der Waals surface area contributed by atoms with E-state index in [0.29, 0.717) is 32.3 Å². The van der Waals surface area contributed by atoms with Crippen molar-refractivity contribution in [3.05, 3.63) is 92.4 Å². The van der Waals surface area contributed by atoms with Gasteiger partial charge in [0.15, 0.2) is 0 Å². The first-order valence-corrected chi connectivity index (χ1v) is 20.2. The van der Waals surface area contributed by atoms with E-state index in [-0.39, 0.29) is 33.6 Å². The van der Waals surface area contributed by atoms with Gasteiger partial charge in [-0.3, -0.25) is 9.80 Å². The quantitative estimate of drug-likeness (QED) is 0.136. The third-order valence-electron chi connectivity index (χ3n) is 8.94. The summed E-state index contributed by atoms with van der Waals surface area (Å²) in [5.41, 5.74) is 1.49. The molecule has 2 saturated heterocycles. The van der Waals surface area contributed by atoms with Crippen molar-refractivity contribution < 1.29 is 71.7 Å². The maximum Gasteiger partial charge on any atom is 0.434 e. The Morgan fingerprint density at radius 1 is 0.591 bits per heavy atom. The predicted octanol–water partition coefficient (Wildman–Crippen LogP) is 11.0. The molecule has 0 saturated carbocycles. The SMILES string of the molecule is C.Clc1ccc(CN2CCNCC2)c(-n2cc(Cl)cn2)c1.O=C(Cl)OC(C(F)(F)F)C(F)(F)F.O=C(OC(C(F)(F)F)C(F)(F)F)N1CCN(Cc2ccc(Cl)cc2-n2cc(Cl)cn2)CC1. The number of piperazine rings is 2. The number of rotatable bonds is 8. The zero-order valence-corrected chi connectivity index (χ0v) is 36.5. The van der Waals surface area contributed by atoms with Gasteiger partial charge in [-0.25, -0.2) is 19.0 Å². The molecule has 1 N–H and O–H groups in total. The fraction of sp³-hybridized carbons (Fsp3) is 0.459. The summed E-state index contributed by atoms with van der Waals surface area (Å²) in [6, 6.07) is 11.0. The minimum atomic E-state index is -5.75. The lowest BCUT2D eigenvalue weighted by Crippen LogP contribution is -2.52. The molecule has 0 atom stereocenters. The summed E-state index contributed by atoms with van der Waals surface area (Å²) in [6.45, 7) is 5.68. The van der Waals surface area contributed by atoms with Crippen LogP contribution in [-0.2, 0) is 22.6 Å². The van der Waals surface area contributed by atoms with E-state index in [1.807, 2.05) is 17.0 Å². The Hall–Kier alpha value is -3.91. The zero-order chi connectivity index (χ0) is 48.5. The van der Waals surface area contributed by atoms with Crippen LogP contribution >= 0.6 is 58.0 Å². The van der Waals surface area contributed by atoms with Crippen LogP contribution in [0.15, 0.2) is 61.2 Å². The fourth-order valence-electron chi connectivity index (χ4n) is 5.98. The van der Waals surface area contributed by atoms with Crippen LogP contribution < -0.4 is 5.32 Å². The molecule has 0 spiro atoms. The molecule has 2 aromatic heterocycles. The second-order valence-electron chi connectivity index (χ2n) is 13.7. The Labute approximate surface area is 393 Å². The van der Waals surface area contributed by atoms with Gasteiger partial charge in [-0.05, 0) is 35.4 Å². The van der Waals surface area contributed by atoms with E-state index in [2.05, 4.69) is 47.6 Å². The summed E-state index contributed by atoms with van der Waals surface area (Å²) in [6.07, 6.45) is -26.5. The third kappa shape index (κ3) is 17.3. The monoisotopic (exact) mass is 1060 g/mol. The standard InChI is InChI=1S/C18H16Cl2F6N4O2.C14H16Cl2N4.C4HClF6O2.CH4/c19-12-2-1-11(14(7-12)30-10-13(20)8-27-30)9-28-3-5-29(6-4-28)16(31)32-15(17(21,22)23)18(24,25)26;15-12-2-1-11(9-19-5-3-17-4-6-19)14(7-12)20-10-13(16)8-18-20;5-2(12)13-1(3(6,7)8)4(9,10)11;/h1-2,7-8,10,15H,3-6,9H2;1-2,7-8,10,17H,3-6,9H2;1H;1H4. The van der Waals surface area contributed by atoms with Gasteiger partial charge in [-0.1, -0.05) is 66.0 Å². The van der Waals surface area contributed by atoms with Crippen molar-refractivity contribution in [2.24, 2.45) is 0 Å². The number of halogens is 17. The fourth-order valence-corrected chi connectivity index (χ4v) is 6.67. The van der Waals surface area contributed by atoms with Gasteiger partial charge in [0.05, 0.1) is 33.8 Å². The molecule has 2 aromatic carbocycles. The maximum absolute atomic E-state index is 12.6. The topological polar surface area (TPSA) is 110 Å². The zero-order valence-electron chi connectivity index (χ0n) is 32.7. The van der Waals surface area contributed by atoms with Crippen LogP contribution in [0.2, 0.25) is 20.1 Å². The van der Waals surface area contributed by atoms with Crippen LogP contribution in [0.1, 0.15) is 18.6 Å². The van der Waals surface area contributed by atoms with E-state index in [0.717, 1.165) is 48.9 Å². The molecule has 1 amide bonds. The molecule has 368 valence electrons. The molecule has 12 nitrogen and oxygen atoms in total. The molecular formula is C37H37Cl5F12N8O4. The van der Waals surface area contributed by atoms with Crippen molar-refractivity contribution in [1.29, 1.82) is 0 Å². The number of ether oxygens (including phenoxy) is 2. The molecule has 0 bridgehead atoms. The van der Waals surface area contributed by atoms with Gasteiger partial charge in [0.25, 0.3) is 12.2 Å². The first-order chi connectivity index (χ1) is 30.1. The maximum atomic E-state index is 12.6. The van der Waals surface area contributed by atoms with E-state index in [1.54, 1.807) is 41.5 Å². The number of alkyl halides is 12. The number of nitrogens with one attached hydrogen (secondary N) is 1.